The van der Waals surface area contributed by atoms with Crippen molar-refractivity contribution in [2.75, 3.05) is 23.4 Å². The van der Waals surface area contributed by atoms with Gasteiger partial charge in [0.15, 0.2) is 0 Å². The van der Waals surface area contributed by atoms with E-state index >= 15 is 0 Å². The van der Waals surface area contributed by atoms with Crippen molar-refractivity contribution in [2.24, 2.45) is 0 Å². The Hall–Kier alpha value is -2.69. The Kier molecular flexibility index (Phi) is 4.89. The van der Waals surface area contributed by atoms with Crippen molar-refractivity contribution >= 4 is 17.5 Å². The van der Waals surface area contributed by atoms with Gasteiger partial charge in [-0.2, -0.15) is 0 Å². The second-order valence-electron chi connectivity index (χ2n) is 5.98. The predicted molar refractivity (Wildman–Crippen MR) is 94.7 cm³/mol. The number of cyclic esters (lactones) is 1. The molecule has 2 aromatic rings. The molecule has 1 amide bonds. The number of carbonyl (C=O) groups excluding carboxylic acids is 1. The molecule has 0 unspecified atom stereocenters. The lowest BCUT2D eigenvalue weighted by molar-refractivity contribution is 0.181. The quantitative estimate of drug-likeness (QED) is 0.870. The summed E-state index contributed by atoms with van der Waals surface area (Å²) in [5.74, 6) is 0.882. The maximum absolute atomic E-state index is 11.6. The van der Waals surface area contributed by atoms with Crippen LogP contribution in [0.5, 0.6) is 5.75 Å². The number of benzene rings is 2. The monoisotopic (exact) mass is 326 g/mol. The minimum absolute atomic E-state index is 0.165. The molecule has 1 N–H and O–H groups in total. The van der Waals surface area contributed by atoms with Crippen LogP contribution in [0, 0.1) is 0 Å². The summed E-state index contributed by atoms with van der Waals surface area (Å²) in [5, 5.41) is 3.38. The molecule has 126 valence electrons. The van der Waals surface area contributed by atoms with Crippen molar-refractivity contribution in [3.05, 3.63) is 54.1 Å². The number of anilines is 2. The van der Waals surface area contributed by atoms with Gasteiger partial charge in [-0.1, -0.05) is 12.1 Å². The number of nitrogens with zero attached hydrogens (tertiary/aromatic N) is 1. The lowest BCUT2D eigenvalue weighted by atomic mass is 10.2. The fourth-order valence-electron chi connectivity index (χ4n) is 2.59. The second-order valence-corrected chi connectivity index (χ2v) is 5.98. The van der Waals surface area contributed by atoms with E-state index in [4.69, 9.17) is 9.47 Å². The molecule has 1 aliphatic rings. The number of hydrogen-bond donors (Lipinski definition) is 1. The van der Waals surface area contributed by atoms with E-state index in [1.807, 2.05) is 56.3 Å². The Bertz CT molecular complexity index is 698. The van der Waals surface area contributed by atoms with E-state index in [0.717, 1.165) is 22.7 Å². The van der Waals surface area contributed by atoms with Crippen molar-refractivity contribution in [1.82, 2.24) is 0 Å². The van der Waals surface area contributed by atoms with E-state index in [1.54, 1.807) is 4.90 Å². The van der Waals surface area contributed by atoms with Crippen LogP contribution >= 0.6 is 0 Å². The lowest BCUT2D eigenvalue weighted by Gasteiger charge is -2.14. The van der Waals surface area contributed by atoms with Crippen molar-refractivity contribution in [3.8, 4) is 5.75 Å². The normalized spacial score (nSPS) is 14.0. The Balaban J connectivity index is 1.59. The molecule has 5 nitrogen and oxygen atoms in total. The smallest absolute Gasteiger partial charge is 0.414 e. The van der Waals surface area contributed by atoms with Crippen LogP contribution in [-0.2, 0) is 11.3 Å². The fourth-order valence-corrected chi connectivity index (χ4v) is 2.59. The molecule has 0 spiro atoms. The summed E-state index contributed by atoms with van der Waals surface area (Å²) in [4.78, 5) is 13.2. The van der Waals surface area contributed by atoms with Crippen LogP contribution < -0.4 is 15.0 Å². The molecule has 1 aliphatic heterocycles. The zero-order valence-electron chi connectivity index (χ0n) is 14.0. The van der Waals surface area contributed by atoms with Crippen LogP contribution in [0.1, 0.15) is 19.4 Å². The Morgan fingerprint density at radius 2 is 2.00 bits per heavy atom. The molecule has 5 heteroatoms. The molecular weight excluding hydrogens is 304 g/mol. The van der Waals surface area contributed by atoms with Crippen molar-refractivity contribution in [1.29, 1.82) is 0 Å². The highest BCUT2D eigenvalue weighted by molar-refractivity contribution is 5.89. The number of rotatable bonds is 6. The maximum atomic E-state index is 11.6. The lowest BCUT2D eigenvalue weighted by Crippen LogP contribution is -2.23. The molecule has 1 heterocycles. The standard InChI is InChI=1S/C19H22N2O3/c1-14(2)24-18-5-3-4-15(12-18)13-20-16-6-8-17(9-7-16)21-10-11-23-19(21)22/h3-9,12,14,20H,10-11,13H2,1-2H3. The number of ether oxygens (including phenoxy) is 2. The van der Waals surface area contributed by atoms with Gasteiger partial charge in [0, 0.05) is 17.9 Å². The van der Waals surface area contributed by atoms with Crippen molar-refractivity contribution in [2.45, 2.75) is 26.5 Å². The molecule has 2 aromatic carbocycles. The summed E-state index contributed by atoms with van der Waals surface area (Å²) in [6.45, 7) is 5.80. The Labute approximate surface area is 142 Å². The fraction of sp³-hybridized carbons (Fsp3) is 0.316. The molecule has 0 aromatic heterocycles. The Morgan fingerprint density at radius 1 is 1.21 bits per heavy atom. The van der Waals surface area contributed by atoms with Gasteiger partial charge in [-0.05, 0) is 55.8 Å². The highest BCUT2D eigenvalue weighted by atomic mass is 16.6. The third-order valence-corrected chi connectivity index (χ3v) is 3.71. The number of nitrogens with one attached hydrogen (secondary N) is 1. The third-order valence-electron chi connectivity index (χ3n) is 3.71. The summed E-state index contributed by atoms with van der Waals surface area (Å²) in [6, 6.07) is 15.9. The van der Waals surface area contributed by atoms with Gasteiger partial charge >= 0.3 is 6.09 Å². The summed E-state index contributed by atoms with van der Waals surface area (Å²) in [5.41, 5.74) is 3.01. The summed E-state index contributed by atoms with van der Waals surface area (Å²) in [7, 11) is 0. The van der Waals surface area contributed by atoms with Crippen LogP contribution in [0.3, 0.4) is 0 Å². The topological polar surface area (TPSA) is 50.8 Å². The molecule has 0 bridgehead atoms. The van der Waals surface area contributed by atoms with Gasteiger partial charge in [-0.3, -0.25) is 4.90 Å². The number of hydrogen-bond acceptors (Lipinski definition) is 4. The molecule has 0 aliphatic carbocycles. The number of carbonyl (C=O) groups is 1. The molecule has 0 saturated carbocycles. The minimum Gasteiger partial charge on any atom is -0.491 e. The predicted octanol–water partition coefficient (Wildman–Crippen LogP) is 4.04. The SMILES string of the molecule is CC(C)Oc1cccc(CNc2ccc(N3CCOC3=O)cc2)c1. The van der Waals surface area contributed by atoms with Crippen LogP contribution in [-0.4, -0.2) is 25.3 Å². The second kappa shape index (κ2) is 7.25. The number of amides is 1. The van der Waals surface area contributed by atoms with Crippen molar-refractivity contribution in [3.63, 3.8) is 0 Å². The Morgan fingerprint density at radius 3 is 2.67 bits per heavy atom. The van der Waals surface area contributed by atoms with E-state index in [0.29, 0.717) is 19.7 Å². The van der Waals surface area contributed by atoms with Crippen LogP contribution in [0.25, 0.3) is 0 Å². The largest absolute Gasteiger partial charge is 0.491 e. The van der Waals surface area contributed by atoms with Crippen LogP contribution in [0.2, 0.25) is 0 Å². The average molecular weight is 326 g/mol. The van der Waals surface area contributed by atoms with E-state index < -0.39 is 0 Å². The van der Waals surface area contributed by atoms with Gasteiger partial charge in [-0.25, -0.2) is 4.79 Å². The zero-order valence-corrected chi connectivity index (χ0v) is 14.0. The third kappa shape index (κ3) is 3.98. The molecule has 0 radical (unpaired) electrons. The summed E-state index contributed by atoms with van der Waals surface area (Å²) in [6.07, 6.45) is -0.115. The van der Waals surface area contributed by atoms with Crippen LogP contribution in [0.15, 0.2) is 48.5 Å². The first-order chi connectivity index (χ1) is 11.6. The van der Waals surface area contributed by atoms with Gasteiger partial charge in [0.2, 0.25) is 0 Å². The molecular formula is C19H22N2O3. The van der Waals surface area contributed by atoms with Gasteiger partial charge in [0.25, 0.3) is 0 Å². The van der Waals surface area contributed by atoms with Crippen LogP contribution in [0.4, 0.5) is 16.2 Å². The molecule has 1 saturated heterocycles. The molecule has 1 fully saturated rings. The molecule has 3 rings (SSSR count). The molecule has 24 heavy (non-hydrogen) atoms. The first-order valence-electron chi connectivity index (χ1n) is 8.15. The maximum Gasteiger partial charge on any atom is 0.414 e. The van der Waals surface area contributed by atoms with E-state index in [1.165, 1.54) is 0 Å². The highest BCUT2D eigenvalue weighted by Crippen LogP contribution is 2.22. The van der Waals surface area contributed by atoms with Crippen molar-refractivity contribution < 1.29 is 14.3 Å². The first-order valence-corrected chi connectivity index (χ1v) is 8.15. The first kappa shape index (κ1) is 16.2. The van der Waals surface area contributed by atoms with E-state index in [9.17, 15) is 4.79 Å². The van der Waals surface area contributed by atoms with E-state index in [2.05, 4.69) is 11.4 Å². The average Bonchev–Trinajstić information content (AvgIpc) is 2.99. The summed E-state index contributed by atoms with van der Waals surface area (Å²) >= 11 is 0. The van der Waals surface area contributed by atoms with Gasteiger partial charge in [0.1, 0.15) is 12.4 Å². The summed E-state index contributed by atoms with van der Waals surface area (Å²) < 4.78 is 10.7. The zero-order chi connectivity index (χ0) is 16.9. The van der Waals surface area contributed by atoms with Gasteiger partial charge in [-0.15, -0.1) is 0 Å². The van der Waals surface area contributed by atoms with Gasteiger partial charge < -0.3 is 14.8 Å². The van der Waals surface area contributed by atoms with Gasteiger partial charge in [0.05, 0.1) is 12.6 Å². The highest BCUT2D eigenvalue weighted by Gasteiger charge is 2.23. The minimum atomic E-state index is -0.280. The molecule has 0 atom stereocenters. The van der Waals surface area contributed by atoms with E-state index in [-0.39, 0.29) is 12.2 Å².